The highest BCUT2D eigenvalue weighted by molar-refractivity contribution is 7.86. The third kappa shape index (κ3) is 26.4. The molecule has 16 bridgehead atoms. The maximum absolute atomic E-state index is 12.8. The second-order valence-corrected chi connectivity index (χ2v) is 55.7. The maximum atomic E-state index is 12.8. The van der Waals surface area contributed by atoms with E-state index in [4.69, 9.17) is 87.7 Å². The van der Waals surface area contributed by atoms with E-state index >= 15 is 0 Å². The number of carbonyl (C=O) groups excluding carboxylic acids is 5. The molecule has 13 N–H and O–H groups in total. The average Bonchev–Trinajstić information content (AvgIpc) is 1.54. The van der Waals surface area contributed by atoms with E-state index in [0.29, 0.717) is 98.1 Å². The summed E-state index contributed by atoms with van der Waals surface area (Å²) in [6.07, 6.45) is 38.7. The Labute approximate surface area is 884 Å². The summed E-state index contributed by atoms with van der Waals surface area (Å²) in [6.45, 7) is 20.9. The lowest BCUT2D eigenvalue weighted by Crippen LogP contribution is -2.59. The molecule has 26 aliphatic rings. The minimum atomic E-state index is -4.02. The number of benzene rings is 3. The van der Waals surface area contributed by atoms with E-state index in [1.165, 1.54) is 165 Å². The number of amides is 5. The molecule has 8 spiro atoms. The third-order valence-electron chi connectivity index (χ3n) is 37.0. The van der Waals surface area contributed by atoms with Crippen molar-refractivity contribution in [2.45, 2.75) is 352 Å². The number of piperazine rings is 2. The van der Waals surface area contributed by atoms with Crippen LogP contribution in [0.1, 0.15) is 276 Å². The van der Waals surface area contributed by atoms with E-state index in [0.717, 1.165) is 206 Å². The molecule has 150 heavy (non-hydrogen) atoms. The van der Waals surface area contributed by atoms with Crippen LogP contribution in [-0.2, 0) is 122 Å². The van der Waals surface area contributed by atoms with Gasteiger partial charge in [-0.25, -0.2) is 0 Å². The molecule has 20 aliphatic carbocycles. The Morgan fingerprint density at radius 3 is 0.807 bits per heavy atom. The minimum Gasteiger partial charge on any atom is -0.354 e. The number of aryl methyl sites for hydroxylation is 3. The van der Waals surface area contributed by atoms with Gasteiger partial charge in [0, 0.05) is 200 Å². The number of ether oxygens (including phenoxy) is 4. The van der Waals surface area contributed by atoms with Crippen LogP contribution in [0.2, 0.25) is 0 Å². The SMILES string of the molecule is CC(C)(N)CNC(=O)C1CCC2(CC1)OOC1(O2)C2CC3CC(C2)CC1C3.CC(C)(N)CNC(=O)C1CCC2(CC1)OOC1(O2)C2CC3CC(C2)CC1C3.CS(=O)(=O)O.Cc1ccc(S(=O)(=O)O)cc1.Cc1ccc(S(=O)(=O)O)cc1.Cc1ccc(S(=O)(=O)O)cc1.O=C(C1CCC2(CC1)OOC1(O2)C2CC3CC(C2)CC1C3)N1CCNCC1.O=C(NCC1CCC2(CC1)OOC1(O2)C2CC3CC(C2)CC1C3)C(=O)N1CCNCC1. The molecule has 29 rings (SSSR count). The normalized spacial score (nSPS) is 39.1. The second-order valence-electron chi connectivity index (χ2n) is 49.9. The van der Waals surface area contributed by atoms with Gasteiger partial charge in [0.05, 0.1) is 20.9 Å². The molecule has 5 amide bonds. The predicted molar refractivity (Wildman–Crippen MR) is 546 cm³/mol. The van der Waals surface area contributed by atoms with E-state index in [1.54, 1.807) is 41.3 Å². The van der Waals surface area contributed by atoms with Gasteiger partial charge in [0.15, 0.2) is 0 Å². The highest BCUT2D eigenvalue weighted by Gasteiger charge is 2.72. The Morgan fingerprint density at radius 2 is 0.573 bits per heavy atom. The van der Waals surface area contributed by atoms with Crippen molar-refractivity contribution in [3.05, 3.63) is 89.5 Å². The number of hydrogen-bond donors (Lipinski definition) is 11. The first-order chi connectivity index (χ1) is 70.7. The topological polar surface area (TPSA) is 532 Å². The summed E-state index contributed by atoms with van der Waals surface area (Å²) >= 11 is 0. The quantitative estimate of drug-likeness (QED) is 0.0456. The predicted octanol–water partition coefficient (Wildman–Crippen LogP) is 12.9. The number of nitrogens with one attached hydrogen (secondary N) is 5. The number of rotatable bonds is 12. The fourth-order valence-corrected chi connectivity index (χ4v) is 31.4. The van der Waals surface area contributed by atoms with E-state index in [1.807, 2.05) is 53.4 Å². The van der Waals surface area contributed by atoms with Gasteiger partial charge in [-0.1, -0.05) is 53.1 Å². The lowest BCUT2D eigenvalue weighted by atomic mass is 9.53. The monoisotopic (exact) mass is 2180 g/mol. The van der Waals surface area contributed by atoms with Crippen LogP contribution in [0.3, 0.4) is 0 Å². The summed E-state index contributed by atoms with van der Waals surface area (Å²) in [5, 5.41) is 15.4. The minimum absolute atomic E-state index is 0.0141. The van der Waals surface area contributed by atoms with Gasteiger partial charge in [0.2, 0.25) is 64.0 Å². The van der Waals surface area contributed by atoms with Gasteiger partial charge in [0.1, 0.15) is 0 Å². The molecule has 20 saturated carbocycles. The number of carbonyl (C=O) groups is 5. The Bertz CT molecular complexity index is 5290. The largest absolute Gasteiger partial charge is 0.354 e. The molecule has 6 saturated heterocycles. The van der Waals surface area contributed by atoms with Crippen molar-refractivity contribution < 1.29 is 134 Å². The average molecular weight is 2180 g/mol. The Morgan fingerprint density at radius 1 is 0.347 bits per heavy atom. The molecule has 6 heterocycles. The zero-order chi connectivity index (χ0) is 107. The Hall–Kier alpha value is -5.99. The van der Waals surface area contributed by atoms with Gasteiger partial charge in [-0.3, -0.25) is 42.2 Å². The molecule has 0 radical (unpaired) electrons. The van der Waals surface area contributed by atoms with Crippen molar-refractivity contribution in [1.82, 2.24) is 36.4 Å². The first-order valence-electron chi connectivity index (χ1n) is 55.5. The zero-order valence-electron chi connectivity index (χ0n) is 88.4. The number of nitrogens with two attached hydrogens (primary N) is 2. The molecule has 0 unspecified atom stereocenters. The van der Waals surface area contributed by atoms with Crippen molar-refractivity contribution in [1.29, 1.82) is 0 Å². The summed E-state index contributed by atoms with van der Waals surface area (Å²) in [7, 11) is -15.7. The van der Waals surface area contributed by atoms with Gasteiger partial charge in [-0.2, -0.15) is 72.8 Å². The van der Waals surface area contributed by atoms with E-state index in [-0.39, 0.29) is 55.3 Å². The van der Waals surface area contributed by atoms with Gasteiger partial charge in [0.25, 0.3) is 40.5 Å². The Kier molecular flexibility index (Phi) is 34.1. The van der Waals surface area contributed by atoms with Crippen LogP contribution >= 0.6 is 0 Å². The first kappa shape index (κ1) is 114. The summed E-state index contributed by atoms with van der Waals surface area (Å²) in [4.78, 5) is 114. The highest BCUT2D eigenvalue weighted by atomic mass is 32.2. The molecule has 38 nitrogen and oxygen atoms in total. The van der Waals surface area contributed by atoms with Gasteiger partial charge in [-0.05, 0) is 318 Å². The molecular weight excluding hydrogens is 2020 g/mol. The lowest BCUT2D eigenvalue weighted by Gasteiger charge is -2.57. The van der Waals surface area contributed by atoms with Crippen molar-refractivity contribution in [3.63, 3.8) is 0 Å². The standard InChI is InChI=1S/C23H35N3O5.C21H32N2O4.2C21H34N2O4.3C7H8O3S.CH4O3S/c27-20(21(28)26-7-5-24-6-8-26)25-14-15-1-3-22(4-2-15)29-23(31-30-22)18-10-16-9-17(12-18)13-19(23)11-16;24-19(23-7-5-22-6-8-23)16-1-3-20(4-2-16)25-21(27-26-20)17-10-14-9-15(12-17)13-18(21)11-14;2*1-19(2,22)12-23-18(24)15-3-5-20(6-4-15)25-21(27-26-20)16-8-13-7-14(10-16)11-17(21)9-13;3*1-6-2-4-7(5-3-6)11(8,9)10;1-5(2,3)4/h15-19,24H,1-14H2,(H,25,27);14-18,22H,1-13H2;2*13-17H,3-12,22H2,1-2H3,(H,23,24);3*2-5H,1H3,(H,8,9,10);1H3,(H,2,3,4). The smallest absolute Gasteiger partial charge is 0.311 e. The fourth-order valence-electron chi connectivity index (χ4n) is 30.0. The van der Waals surface area contributed by atoms with Crippen LogP contribution in [0, 0.1) is 139 Å². The van der Waals surface area contributed by atoms with Crippen LogP contribution in [0.4, 0.5) is 0 Å². The molecule has 0 atom stereocenters. The van der Waals surface area contributed by atoms with Crippen LogP contribution in [-0.4, -0.2) is 227 Å². The number of nitrogens with zero attached hydrogens (tertiary/aromatic N) is 2. The molecule has 26 fully saturated rings. The van der Waals surface area contributed by atoms with Gasteiger partial charge >= 0.3 is 11.8 Å². The summed E-state index contributed by atoms with van der Waals surface area (Å²) in [5.41, 5.74) is 14.0. The van der Waals surface area contributed by atoms with Crippen LogP contribution in [0.15, 0.2) is 87.5 Å². The molecule has 6 aliphatic heterocycles. The molecule has 838 valence electrons. The maximum Gasteiger partial charge on any atom is 0.311 e. The highest BCUT2D eigenvalue weighted by Crippen LogP contribution is 2.69. The molecule has 0 aromatic heterocycles. The molecule has 42 heteroatoms. The summed E-state index contributed by atoms with van der Waals surface area (Å²) in [6, 6.07) is 18.0. The van der Waals surface area contributed by atoms with Crippen molar-refractivity contribution >= 4 is 70.0 Å². The number of hydrogen-bond acceptors (Lipinski definition) is 29. The van der Waals surface area contributed by atoms with E-state index in [2.05, 4.69) is 26.6 Å². The third-order valence-corrected chi connectivity index (χ3v) is 39.6. The zero-order valence-corrected chi connectivity index (χ0v) is 91.7. The second kappa shape index (κ2) is 45.1. The van der Waals surface area contributed by atoms with Gasteiger partial charge < -0.3 is 66.8 Å². The van der Waals surface area contributed by atoms with Crippen LogP contribution in [0.25, 0.3) is 0 Å². The summed E-state index contributed by atoms with van der Waals surface area (Å²) in [5.74, 6) is 6.52. The van der Waals surface area contributed by atoms with Crippen molar-refractivity contribution in [3.8, 4) is 0 Å². The molecular formula is C108H163N9O29S4. The van der Waals surface area contributed by atoms with Crippen molar-refractivity contribution in [2.75, 3.05) is 78.2 Å². The van der Waals surface area contributed by atoms with Crippen LogP contribution in [0.5, 0.6) is 0 Å². The first-order valence-corrected chi connectivity index (χ1v) is 61.6. The summed E-state index contributed by atoms with van der Waals surface area (Å²) < 4.78 is 141. The van der Waals surface area contributed by atoms with Crippen LogP contribution < -0.4 is 38.1 Å². The lowest BCUT2D eigenvalue weighted by molar-refractivity contribution is -0.390. The van der Waals surface area contributed by atoms with E-state index in [9.17, 15) is 57.6 Å². The van der Waals surface area contributed by atoms with Gasteiger partial charge in [-0.15, -0.1) is 0 Å². The van der Waals surface area contributed by atoms with Crippen molar-refractivity contribution in [2.24, 2.45) is 130 Å². The Balaban J connectivity index is 0.000000117. The molecule has 3 aromatic rings. The fraction of sp³-hybridized carbons (Fsp3) is 0.787. The molecule has 3 aromatic carbocycles. The van der Waals surface area contributed by atoms with E-state index < -0.39 is 98.6 Å².